The lowest BCUT2D eigenvalue weighted by Gasteiger charge is -2.11. The first-order valence-electron chi connectivity index (χ1n) is 7.81. The van der Waals surface area contributed by atoms with Gasteiger partial charge in [0.2, 0.25) is 11.2 Å². The lowest BCUT2D eigenvalue weighted by molar-refractivity contribution is -0.133. The van der Waals surface area contributed by atoms with Crippen LogP contribution in [0.3, 0.4) is 0 Å². The van der Waals surface area contributed by atoms with Crippen molar-refractivity contribution in [2.45, 2.75) is 13.5 Å². The quantitative estimate of drug-likeness (QED) is 0.657. The van der Waals surface area contributed by atoms with Crippen LogP contribution in [0.1, 0.15) is 12.5 Å². The maximum absolute atomic E-state index is 12.7. The fourth-order valence-electron chi connectivity index (χ4n) is 2.56. The van der Waals surface area contributed by atoms with E-state index in [1.807, 2.05) is 0 Å². The topological polar surface area (TPSA) is 110 Å². The molecule has 0 spiro atoms. The minimum absolute atomic E-state index is 0.187. The van der Waals surface area contributed by atoms with Gasteiger partial charge in [0.15, 0.2) is 11.3 Å². The lowest BCUT2D eigenvalue weighted by atomic mass is 10.2. The molecule has 2 heterocycles. The van der Waals surface area contributed by atoms with Crippen molar-refractivity contribution in [1.29, 1.82) is 0 Å². The van der Waals surface area contributed by atoms with E-state index in [4.69, 9.17) is 11.6 Å². The van der Waals surface area contributed by atoms with Crippen LogP contribution in [-0.2, 0) is 16.1 Å². The number of aromatic hydroxyl groups is 1. The van der Waals surface area contributed by atoms with Gasteiger partial charge in [-0.25, -0.2) is 0 Å². The molecule has 0 aliphatic carbocycles. The molecule has 0 saturated carbocycles. The van der Waals surface area contributed by atoms with Crippen LogP contribution >= 0.6 is 11.6 Å². The molecule has 3 aromatic rings. The normalized spacial score (nSPS) is 10.7. The molecule has 2 N–H and O–H groups in total. The Morgan fingerprint density at radius 2 is 1.96 bits per heavy atom. The van der Waals surface area contributed by atoms with Gasteiger partial charge < -0.3 is 19.4 Å². The molecular formula is C18H14ClN3O5. The number of carbonyl (C=O) groups is 2. The summed E-state index contributed by atoms with van der Waals surface area (Å²) in [5, 5.41) is 12.8. The summed E-state index contributed by atoms with van der Waals surface area (Å²) >= 11 is 5.94. The first-order valence-corrected chi connectivity index (χ1v) is 8.19. The zero-order chi connectivity index (χ0) is 19.7. The SMILES string of the molecule is CC(=O)C(=O)Nc1cn2ccn(Cc3cccc(Cl)c3)c(=O)c2c(O)c1=O. The third-order valence-electron chi connectivity index (χ3n) is 3.89. The van der Waals surface area contributed by atoms with Crippen molar-refractivity contribution in [2.75, 3.05) is 5.32 Å². The second-order valence-electron chi connectivity index (χ2n) is 5.85. The summed E-state index contributed by atoms with van der Waals surface area (Å²) < 4.78 is 2.53. The molecule has 0 aliphatic rings. The van der Waals surface area contributed by atoms with E-state index in [0.717, 1.165) is 12.5 Å². The molecule has 0 bridgehead atoms. The largest absolute Gasteiger partial charge is 0.502 e. The van der Waals surface area contributed by atoms with Crippen LogP contribution in [0, 0.1) is 0 Å². The maximum Gasteiger partial charge on any atom is 0.291 e. The Labute approximate surface area is 157 Å². The van der Waals surface area contributed by atoms with Gasteiger partial charge in [0.05, 0.1) is 6.54 Å². The predicted octanol–water partition coefficient (Wildman–Crippen LogP) is 1.40. The number of anilines is 1. The van der Waals surface area contributed by atoms with Crippen molar-refractivity contribution in [1.82, 2.24) is 8.97 Å². The minimum Gasteiger partial charge on any atom is -0.502 e. The average molecular weight is 388 g/mol. The first kappa shape index (κ1) is 18.4. The highest BCUT2D eigenvalue weighted by atomic mass is 35.5. The molecule has 0 saturated heterocycles. The summed E-state index contributed by atoms with van der Waals surface area (Å²) in [6.45, 7) is 1.23. The van der Waals surface area contributed by atoms with Gasteiger partial charge in [-0.1, -0.05) is 23.7 Å². The number of nitrogens with zero attached hydrogens (tertiary/aromatic N) is 2. The van der Waals surface area contributed by atoms with Gasteiger partial charge in [-0.3, -0.25) is 19.2 Å². The Morgan fingerprint density at radius 1 is 1.22 bits per heavy atom. The van der Waals surface area contributed by atoms with Gasteiger partial charge in [0.25, 0.3) is 11.5 Å². The van der Waals surface area contributed by atoms with E-state index in [1.165, 1.54) is 27.6 Å². The maximum atomic E-state index is 12.7. The Morgan fingerprint density at radius 3 is 2.63 bits per heavy atom. The molecule has 138 valence electrons. The second kappa shape index (κ2) is 7.08. The molecule has 8 nitrogen and oxygen atoms in total. The number of nitrogens with one attached hydrogen (secondary N) is 1. The summed E-state index contributed by atoms with van der Waals surface area (Å²) in [5.41, 5.74) is -1.35. The lowest BCUT2D eigenvalue weighted by Crippen LogP contribution is -2.27. The molecule has 0 atom stereocenters. The molecule has 1 aromatic carbocycles. The van der Waals surface area contributed by atoms with Gasteiger partial charge in [-0.15, -0.1) is 0 Å². The Kier molecular flexibility index (Phi) is 4.83. The van der Waals surface area contributed by atoms with Crippen molar-refractivity contribution < 1.29 is 14.7 Å². The first-order chi connectivity index (χ1) is 12.8. The number of pyridine rings is 1. The van der Waals surface area contributed by atoms with E-state index < -0.39 is 28.4 Å². The molecule has 0 aliphatic heterocycles. The Bertz CT molecular complexity index is 1200. The van der Waals surface area contributed by atoms with Crippen LogP contribution in [-0.4, -0.2) is 25.8 Å². The number of halogens is 1. The molecular weight excluding hydrogens is 374 g/mol. The molecule has 9 heteroatoms. The molecule has 27 heavy (non-hydrogen) atoms. The third kappa shape index (κ3) is 3.61. The number of aromatic nitrogens is 2. The smallest absolute Gasteiger partial charge is 0.291 e. The van der Waals surface area contributed by atoms with Crippen molar-refractivity contribution >= 4 is 34.5 Å². The number of benzene rings is 1. The van der Waals surface area contributed by atoms with Crippen LogP contribution < -0.4 is 16.3 Å². The number of fused-ring (bicyclic) bond motifs is 1. The summed E-state index contributed by atoms with van der Waals surface area (Å²) in [7, 11) is 0. The van der Waals surface area contributed by atoms with E-state index in [-0.39, 0.29) is 17.7 Å². The van der Waals surface area contributed by atoms with Gasteiger partial charge in [0, 0.05) is 30.5 Å². The molecule has 1 amide bonds. The van der Waals surface area contributed by atoms with Crippen molar-refractivity contribution in [2.24, 2.45) is 0 Å². The van der Waals surface area contributed by atoms with Gasteiger partial charge >= 0.3 is 0 Å². The van der Waals surface area contributed by atoms with Gasteiger partial charge in [-0.05, 0) is 17.7 Å². The monoisotopic (exact) mass is 387 g/mol. The number of hydrogen-bond donors (Lipinski definition) is 2. The number of hydrogen-bond acceptors (Lipinski definition) is 5. The van der Waals surface area contributed by atoms with E-state index in [2.05, 4.69) is 5.32 Å². The van der Waals surface area contributed by atoms with E-state index in [0.29, 0.717) is 5.02 Å². The van der Waals surface area contributed by atoms with Crippen LogP contribution in [0.25, 0.3) is 5.52 Å². The summed E-state index contributed by atoms with van der Waals surface area (Å²) in [6, 6.07) is 6.94. The van der Waals surface area contributed by atoms with E-state index >= 15 is 0 Å². The third-order valence-corrected chi connectivity index (χ3v) is 4.13. The molecule has 2 aromatic heterocycles. The van der Waals surface area contributed by atoms with Crippen molar-refractivity contribution in [3.63, 3.8) is 0 Å². The zero-order valence-corrected chi connectivity index (χ0v) is 14.9. The van der Waals surface area contributed by atoms with Crippen LogP contribution in [0.2, 0.25) is 5.02 Å². The summed E-state index contributed by atoms with van der Waals surface area (Å²) in [6.07, 6.45) is 4.09. The number of amides is 1. The highest BCUT2D eigenvalue weighted by molar-refractivity contribution is 6.39. The van der Waals surface area contributed by atoms with Gasteiger partial charge in [-0.2, -0.15) is 0 Å². The molecule has 0 unspecified atom stereocenters. The molecule has 0 radical (unpaired) electrons. The standard InChI is InChI=1S/C18H14ClN3O5/c1-10(23)17(26)20-13-9-21-5-6-22(8-11-3-2-4-12(19)7-11)18(27)14(21)16(25)15(13)24/h2-7,9,25H,8H2,1H3,(H,20,26). The zero-order valence-electron chi connectivity index (χ0n) is 14.1. The van der Waals surface area contributed by atoms with Crippen molar-refractivity contribution in [3.8, 4) is 5.75 Å². The highest BCUT2D eigenvalue weighted by Gasteiger charge is 2.17. The fourth-order valence-corrected chi connectivity index (χ4v) is 2.77. The number of ketones is 1. The van der Waals surface area contributed by atoms with Crippen LogP contribution in [0.4, 0.5) is 5.69 Å². The second-order valence-corrected chi connectivity index (χ2v) is 6.28. The Hall–Kier alpha value is -3.39. The van der Waals surface area contributed by atoms with E-state index in [1.54, 1.807) is 24.3 Å². The fraction of sp³-hybridized carbons (Fsp3) is 0.111. The van der Waals surface area contributed by atoms with Crippen LogP contribution in [0.5, 0.6) is 5.75 Å². The molecule has 3 rings (SSSR count). The minimum atomic E-state index is -0.999. The number of Topliss-reactive ketones (excluding diaryl/α,β-unsaturated/α-hetero) is 1. The van der Waals surface area contributed by atoms with Gasteiger partial charge in [0.1, 0.15) is 5.69 Å². The van der Waals surface area contributed by atoms with E-state index in [9.17, 15) is 24.3 Å². The summed E-state index contributed by atoms with van der Waals surface area (Å²) in [5.74, 6) is -2.61. The molecule has 0 fully saturated rings. The number of rotatable bonds is 4. The summed E-state index contributed by atoms with van der Waals surface area (Å²) in [4.78, 5) is 47.5. The average Bonchev–Trinajstić information content (AvgIpc) is 2.61. The van der Waals surface area contributed by atoms with Crippen molar-refractivity contribution in [3.05, 3.63) is 74.0 Å². The van der Waals surface area contributed by atoms with Crippen LogP contribution in [0.15, 0.2) is 52.4 Å². The highest BCUT2D eigenvalue weighted by Crippen LogP contribution is 2.15. The predicted molar refractivity (Wildman–Crippen MR) is 99.5 cm³/mol. The number of carbonyl (C=O) groups excluding carboxylic acids is 2. The Balaban J connectivity index is 2.10.